The lowest BCUT2D eigenvalue weighted by Crippen LogP contribution is -2.19. The van der Waals surface area contributed by atoms with Gasteiger partial charge >= 0.3 is 0 Å². The highest BCUT2D eigenvalue weighted by atomic mass is 32.2. The molecule has 4 rings (SSSR count). The molecule has 1 saturated carbocycles. The molecule has 3 N–H and O–H groups in total. The van der Waals surface area contributed by atoms with E-state index in [2.05, 4.69) is 29.7 Å². The van der Waals surface area contributed by atoms with Crippen molar-refractivity contribution in [3.63, 3.8) is 0 Å². The van der Waals surface area contributed by atoms with E-state index >= 15 is 0 Å². The third kappa shape index (κ3) is 4.56. The highest BCUT2D eigenvalue weighted by Crippen LogP contribution is 2.31. The Labute approximate surface area is 180 Å². The summed E-state index contributed by atoms with van der Waals surface area (Å²) in [6, 6.07) is 2.13. The predicted octanol–water partition coefficient (Wildman–Crippen LogP) is 3.34. The molecule has 9 nitrogen and oxygen atoms in total. The van der Waals surface area contributed by atoms with Crippen molar-refractivity contribution in [1.82, 2.24) is 14.3 Å². The second-order valence-electron chi connectivity index (χ2n) is 7.01. The van der Waals surface area contributed by atoms with Gasteiger partial charge in [-0.15, -0.1) is 0 Å². The Morgan fingerprint density at radius 2 is 2.00 bits per heavy atom. The average molecular weight is 469 g/mol. The van der Waals surface area contributed by atoms with Gasteiger partial charge in [0.25, 0.3) is 5.91 Å². The molecular formula is C18H18F2N6O3S2. The molecule has 0 aliphatic heterocycles. The van der Waals surface area contributed by atoms with Crippen LogP contribution in [0.2, 0.25) is 0 Å². The van der Waals surface area contributed by atoms with E-state index in [1.165, 1.54) is 6.33 Å². The van der Waals surface area contributed by atoms with Gasteiger partial charge in [-0.3, -0.25) is 9.52 Å². The van der Waals surface area contributed by atoms with Gasteiger partial charge in [-0.2, -0.15) is 4.37 Å². The van der Waals surface area contributed by atoms with Crippen molar-refractivity contribution in [1.29, 1.82) is 0 Å². The second kappa shape index (κ2) is 8.30. The average Bonchev–Trinajstić information content (AvgIpc) is 3.42. The second-order valence-corrected chi connectivity index (χ2v) is 9.62. The first kappa shape index (κ1) is 21.3. The zero-order chi connectivity index (χ0) is 22.2. The number of sulfonamides is 1. The minimum Gasteiger partial charge on any atom is -0.365 e. The van der Waals surface area contributed by atoms with Crippen molar-refractivity contribution in [2.24, 2.45) is 0 Å². The molecule has 0 unspecified atom stereocenters. The number of rotatable bonds is 8. The first-order valence-electron chi connectivity index (χ1n) is 9.46. The monoisotopic (exact) mass is 468 g/mol. The first-order valence-corrected chi connectivity index (χ1v) is 11.9. The number of carbonyl (C=O) groups is 1. The number of anilines is 3. The maximum atomic E-state index is 14.8. The minimum absolute atomic E-state index is 0.0482. The minimum atomic E-state index is -3.80. The Morgan fingerprint density at radius 3 is 2.71 bits per heavy atom. The topological polar surface area (TPSA) is 126 Å². The molecule has 2 heterocycles. The van der Waals surface area contributed by atoms with Crippen molar-refractivity contribution in [3.8, 4) is 0 Å². The van der Waals surface area contributed by atoms with E-state index < -0.39 is 38.9 Å². The molecule has 0 spiro atoms. The third-order valence-corrected chi connectivity index (χ3v) is 6.77. The van der Waals surface area contributed by atoms with Crippen LogP contribution in [0.3, 0.4) is 0 Å². The van der Waals surface area contributed by atoms with Crippen LogP contribution in [-0.4, -0.2) is 40.5 Å². The molecule has 1 amide bonds. The fourth-order valence-electron chi connectivity index (χ4n) is 2.85. The van der Waals surface area contributed by atoms with Crippen molar-refractivity contribution in [3.05, 3.63) is 35.0 Å². The highest BCUT2D eigenvalue weighted by molar-refractivity contribution is 7.92. The summed E-state index contributed by atoms with van der Waals surface area (Å²) >= 11 is 0.823. The van der Waals surface area contributed by atoms with Crippen LogP contribution in [-0.2, 0) is 10.0 Å². The van der Waals surface area contributed by atoms with Crippen LogP contribution < -0.4 is 15.4 Å². The van der Waals surface area contributed by atoms with E-state index in [0.717, 1.165) is 36.5 Å². The Morgan fingerprint density at radius 1 is 1.23 bits per heavy atom. The third-order valence-electron chi connectivity index (χ3n) is 4.46. The van der Waals surface area contributed by atoms with Crippen molar-refractivity contribution < 1.29 is 22.0 Å². The van der Waals surface area contributed by atoms with Gasteiger partial charge in [-0.05, 0) is 42.9 Å². The van der Waals surface area contributed by atoms with Gasteiger partial charge in [0, 0.05) is 6.04 Å². The van der Waals surface area contributed by atoms with Gasteiger partial charge in [0.05, 0.1) is 11.4 Å². The zero-order valence-corrected chi connectivity index (χ0v) is 17.9. The highest BCUT2D eigenvalue weighted by Gasteiger charge is 2.26. The molecule has 0 atom stereocenters. The lowest BCUT2D eigenvalue weighted by atomic mass is 10.2. The molecule has 1 aliphatic carbocycles. The molecule has 2 aromatic heterocycles. The van der Waals surface area contributed by atoms with Crippen molar-refractivity contribution >= 4 is 55.7 Å². The Balaban J connectivity index is 1.62. The van der Waals surface area contributed by atoms with Gasteiger partial charge < -0.3 is 10.6 Å². The van der Waals surface area contributed by atoms with Gasteiger partial charge in [-0.25, -0.2) is 27.2 Å². The maximum absolute atomic E-state index is 14.8. The quantitative estimate of drug-likeness (QED) is 0.463. The van der Waals surface area contributed by atoms with Crippen LogP contribution in [0.4, 0.5) is 26.0 Å². The summed E-state index contributed by atoms with van der Waals surface area (Å²) in [5.74, 6) is -2.84. The number of nitrogens with zero attached hydrogens (tertiary/aromatic N) is 3. The number of halogens is 2. The Bertz CT molecular complexity index is 1260. The largest absolute Gasteiger partial charge is 0.365 e. The van der Waals surface area contributed by atoms with Gasteiger partial charge in [0.1, 0.15) is 33.7 Å². The van der Waals surface area contributed by atoms with E-state index in [1.54, 1.807) is 6.92 Å². The zero-order valence-electron chi connectivity index (χ0n) is 16.3. The van der Waals surface area contributed by atoms with Crippen LogP contribution in [0.15, 0.2) is 18.5 Å². The number of fused-ring (bicyclic) bond motifs is 1. The normalized spacial score (nSPS) is 13.9. The van der Waals surface area contributed by atoms with Crippen LogP contribution in [0.25, 0.3) is 11.0 Å². The number of amides is 1. The number of benzene rings is 1. The number of hydrogen-bond donors (Lipinski definition) is 3. The van der Waals surface area contributed by atoms with Crippen molar-refractivity contribution in [2.45, 2.75) is 32.2 Å². The molecule has 3 aromatic rings. The molecule has 0 saturated heterocycles. The first-order chi connectivity index (χ1) is 14.8. The Hall–Kier alpha value is -2.93. The van der Waals surface area contributed by atoms with Crippen LogP contribution in [0.1, 0.15) is 35.9 Å². The van der Waals surface area contributed by atoms with Crippen LogP contribution in [0.5, 0.6) is 0 Å². The predicted molar refractivity (Wildman–Crippen MR) is 114 cm³/mol. The standard InChI is InChI=1S/C18H18F2N6O3S2/c1-2-7-31(28,29)26-11-6-5-10(19)13(12(11)20)24-18(27)16-14-15(25-30-16)17(22-8-21-14)23-9-3-4-9/h5-6,8-9,26H,2-4,7H2,1H3,(H,24,27)(H,21,22,23). The summed E-state index contributed by atoms with van der Waals surface area (Å²) in [5.41, 5.74) is -0.584. The lowest BCUT2D eigenvalue weighted by Gasteiger charge is -2.12. The summed E-state index contributed by atoms with van der Waals surface area (Å²) in [6.07, 6.45) is 3.63. The van der Waals surface area contributed by atoms with Gasteiger partial charge in [0.2, 0.25) is 10.0 Å². The summed E-state index contributed by atoms with van der Waals surface area (Å²) in [4.78, 5) is 21.0. The summed E-state index contributed by atoms with van der Waals surface area (Å²) in [7, 11) is -3.80. The molecule has 0 bridgehead atoms. The smallest absolute Gasteiger partial charge is 0.269 e. The number of nitrogens with one attached hydrogen (secondary N) is 3. The van der Waals surface area contributed by atoms with E-state index in [-0.39, 0.29) is 16.1 Å². The van der Waals surface area contributed by atoms with E-state index in [0.29, 0.717) is 23.8 Å². The number of aromatic nitrogens is 3. The summed E-state index contributed by atoms with van der Waals surface area (Å²) in [6.45, 7) is 1.65. The Kier molecular flexibility index (Phi) is 5.71. The summed E-state index contributed by atoms with van der Waals surface area (Å²) in [5, 5.41) is 5.36. The molecule has 13 heteroatoms. The molecule has 164 valence electrons. The maximum Gasteiger partial charge on any atom is 0.269 e. The van der Waals surface area contributed by atoms with E-state index in [9.17, 15) is 22.0 Å². The lowest BCUT2D eigenvalue weighted by molar-refractivity contribution is 0.103. The SMILES string of the molecule is CCCS(=O)(=O)Nc1ccc(F)c(NC(=O)c2snc3c(NC4CC4)ncnc23)c1F. The molecular weight excluding hydrogens is 450 g/mol. The molecule has 1 aromatic carbocycles. The fraction of sp³-hybridized carbons (Fsp3) is 0.333. The molecule has 1 aliphatic rings. The number of carbonyl (C=O) groups excluding carboxylic acids is 1. The summed E-state index contributed by atoms with van der Waals surface area (Å²) < 4.78 is 59.2. The van der Waals surface area contributed by atoms with Crippen molar-refractivity contribution in [2.75, 3.05) is 21.1 Å². The van der Waals surface area contributed by atoms with Crippen LogP contribution in [0, 0.1) is 11.6 Å². The van der Waals surface area contributed by atoms with Gasteiger partial charge in [0.15, 0.2) is 11.6 Å². The van der Waals surface area contributed by atoms with E-state index in [4.69, 9.17) is 0 Å². The van der Waals surface area contributed by atoms with Crippen LogP contribution >= 0.6 is 11.5 Å². The van der Waals surface area contributed by atoms with Gasteiger partial charge in [-0.1, -0.05) is 6.92 Å². The molecule has 1 fully saturated rings. The number of hydrogen-bond acceptors (Lipinski definition) is 8. The molecule has 0 radical (unpaired) electrons. The fourth-order valence-corrected chi connectivity index (χ4v) is 4.70. The molecule has 31 heavy (non-hydrogen) atoms. The van der Waals surface area contributed by atoms with E-state index in [1.807, 2.05) is 0 Å².